The van der Waals surface area contributed by atoms with Gasteiger partial charge in [0.1, 0.15) is 17.5 Å². The number of methoxy groups -OCH3 is 1. The molecule has 0 N–H and O–H groups in total. The van der Waals surface area contributed by atoms with Crippen LogP contribution in [-0.4, -0.2) is 42.1 Å². The van der Waals surface area contributed by atoms with Crippen molar-refractivity contribution < 1.29 is 14.3 Å². The number of ether oxygens (including phenoxy) is 2. The van der Waals surface area contributed by atoms with E-state index in [0.29, 0.717) is 30.5 Å². The van der Waals surface area contributed by atoms with E-state index in [4.69, 9.17) is 9.47 Å². The van der Waals surface area contributed by atoms with E-state index < -0.39 is 0 Å². The van der Waals surface area contributed by atoms with Gasteiger partial charge >= 0.3 is 0 Å². The molecule has 2 fully saturated rings. The van der Waals surface area contributed by atoms with Crippen LogP contribution in [0.15, 0.2) is 48.7 Å². The van der Waals surface area contributed by atoms with Gasteiger partial charge in [-0.1, -0.05) is 30.3 Å². The van der Waals surface area contributed by atoms with Gasteiger partial charge in [0.05, 0.1) is 19.8 Å². The van der Waals surface area contributed by atoms with Gasteiger partial charge in [0, 0.05) is 18.8 Å². The maximum Gasteiger partial charge on any atom is 0.272 e. The SMILES string of the molecule is COc1ccnc(C(=O)N2C[C@@H](c3ccccc3)O[C@@H](C3CC3)C2)c1. The molecule has 2 heterocycles. The highest BCUT2D eigenvalue weighted by Crippen LogP contribution is 2.39. The van der Waals surface area contributed by atoms with Crippen LogP contribution in [0.2, 0.25) is 0 Å². The number of benzene rings is 1. The third kappa shape index (κ3) is 3.51. The van der Waals surface area contributed by atoms with Crippen LogP contribution < -0.4 is 4.74 Å². The molecular formula is C20H22N2O3. The molecule has 2 aromatic rings. The minimum atomic E-state index is -0.0879. The Labute approximate surface area is 147 Å². The lowest BCUT2D eigenvalue weighted by molar-refractivity contribution is -0.0865. The molecule has 1 saturated heterocycles. The Balaban J connectivity index is 1.57. The van der Waals surface area contributed by atoms with Gasteiger partial charge in [-0.15, -0.1) is 0 Å². The number of carbonyl (C=O) groups excluding carboxylic acids is 1. The Morgan fingerprint density at radius 2 is 2.00 bits per heavy atom. The predicted octanol–water partition coefficient (Wildman–Crippen LogP) is 3.08. The van der Waals surface area contributed by atoms with Crippen molar-refractivity contribution in [1.29, 1.82) is 0 Å². The van der Waals surface area contributed by atoms with Crippen molar-refractivity contribution in [2.75, 3.05) is 20.2 Å². The van der Waals surface area contributed by atoms with Crippen molar-refractivity contribution >= 4 is 5.91 Å². The first-order chi connectivity index (χ1) is 12.2. The van der Waals surface area contributed by atoms with Gasteiger partial charge in [-0.3, -0.25) is 9.78 Å². The number of nitrogens with zero attached hydrogens (tertiary/aromatic N) is 2. The Morgan fingerprint density at radius 3 is 2.72 bits per heavy atom. The lowest BCUT2D eigenvalue weighted by Crippen LogP contribution is -2.47. The summed E-state index contributed by atoms with van der Waals surface area (Å²) in [5.74, 6) is 1.15. The molecule has 1 aliphatic carbocycles. The molecule has 1 aromatic heterocycles. The van der Waals surface area contributed by atoms with Crippen molar-refractivity contribution in [3.05, 3.63) is 59.9 Å². The summed E-state index contributed by atoms with van der Waals surface area (Å²) >= 11 is 0. The lowest BCUT2D eigenvalue weighted by Gasteiger charge is -2.38. The summed E-state index contributed by atoms with van der Waals surface area (Å²) in [6.07, 6.45) is 4.00. The normalized spacial score (nSPS) is 23.3. The van der Waals surface area contributed by atoms with Gasteiger partial charge in [0.25, 0.3) is 5.91 Å². The maximum absolute atomic E-state index is 13.0. The van der Waals surface area contributed by atoms with Crippen LogP contribution in [0.1, 0.15) is 35.0 Å². The van der Waals surface area contributed by atoms with E-state index in [-0.39, 0.29) is 18.1 Å². The van der Waals surface area contributed by atoms with E-state index >= 15 is 0 Å². The van der Waals surface area contributed by atoms with Crippen LogP contribution in [0.5, 0.6) is 5.75 Å². The zero-order chi connectivity index (χ0) is 17.2. The molecule has 25 heavy (non-hydrogen) atoms. The van der Waals surface area contributed by atoms with E-state index in [9.17, 15) is 4.79 Å². The fourth-order valence-corrected chi connectivity index (χ4v) is 3.35. The van der Waals surface area contributed by atoms with E-state index in [0.717, 1.165) is 5.56 Å². The fourth-order valence-electron chi connectivity index (χ4n) is 3.35. The van der Waals surface area contributed by atoms with Gasteiger partial charge in [0.2, 0.25) is 0 Å². The topological polar surface area (TPSA) is 51.7 Å². The molecule has 5 nitrogen and oxygen atoms in total. The quantitative estimate of drug-likeness (QED) is 0.860. The number of carbonyl (C=O) groups is 1. The average Bonchev–Trinajstić information content (AvgIpc) is 3.53. The van der Waals surface area contributed by atoms with Crippen LogP contribution in [0.25, 0.3) is 0 Å². The first-order valence-corrected chi connectivity index (χ1v) is 8.74. The standard InChI is InChI=1S/C20H22N2O3/c1-24-16-9-10-21-17(11-16)20(23)22-12-18(14-5-3-2-4-6-14)25-19(13-22)15-7-8-15/h2-6,9-11,15,18-19H,7-8,12-13H2,1H3/t18-,19+/m0/s1. The molecule has 0 spiro atoms. The minimum Gasteiger partial charge on any atom is -0.497 e. The minimum absolute atomic E-state index is 0.0613. The maximum atomic E-state index is 13.0. The number of amides is 1. The Morgan fingerprint density at radius 1 is 1.20 bits per heavy atom. The first-order valence-electron chi connectivity index (χ1n) is 8.74. The third-order valence-electron chi connectivity index (χ3n) is 4.92. The number of rotatable bonds is 4. The van der Waals surface area contributed by atoms with Gasteiger partial charge in [-0.2, -0.15) is 0 Å². The summed E-state index contributed by atoms with van der Waals surface area (Å²) in [6, 6.07) is 13.6. The molecule has 5 heteroatoms. The molecule has 4 rings (SSSR count). The molecule has 0 radical (unpaired) electrons. The summed E-state index contributed by atoms with van der Waals surface area (Å²) in [7, 11) is 1.59. The van der Waals surface area contributed by atoms with Gasteiger partial charge in [-0.25, -0.2) is 0 Å². The number of hydrogen-bond acceptors (Lipinski definition) is 4. The predicted molar refractivity (Wildman–Crippen MR) is 93.5 cm³/mol. The summed E-state index contributed by atoms with van der Waals surface area (Å²) < 4.78 is 11.5. The van der Waals surface area contributed by atoms with Crippen molar-refractivity contribution in [2.24, 2.45) is 5.92 Å². The van der Waals surface area contributed by atoms with Crippen molar-refractivity contribution in [1.82, 2.24) is 9.88 Å². The number of hydrogen-bond donors (Lipinski definition) is 0. The molecule has 1 saturated carbocycles. The molecule has 0 unspecified atom stereocenters. The molecular weight excluding hydrogens is 316 g/mol. The molecule has 0 bridgehead atoms. The van der Waals surface area contributed by atoms with Crippen LogP contribution in [-0.2, 0) is 4.74 Å². The first kappa shape index (κ1) is 16.1. The van der Waals surface area contributed by atoms with Crippen molar-refractivity contribution in [3.63, 3.8) is 0 Å². The third-order valence-corrected chi connectivity index (χ3v) is 4.92. The summed E-state index contributed by atoms with van der Waals surface area (Å²) in [5, 5.41) is 0. The largest absolute Gasteiger partial charge is 0.497 e. The second kappa shape index (κ2) is 6.84. The number of pyridine rings is 1. The van der Waals surface area contributed by atoms with Gasteiger partial charge in [0.15, 0.2) is 0 Å². The second-order valence-electron chi connectivity index (χ2n) is 6.70. The molecule has 1 aromatic carbocycles. The molecule has 2 atom stereocenters. The highest BCUT2D eigenvalue weighted by atomic mass is 16.5. The van der Waals surface area contributed by atoms with Gasteiger partial charge in [-0.05, 0) is 30.4 Å². The summed E-state index contributed by atoms with van der Waals surface area (Å²) in [5.41, 5.74) is 1.53. The number of morpholine rings is 1. The molecule has 1 aliphatic heterocycles. The molecule has 130 valence electrons. The molecule has 2 aliphatic rings. The van der Waals surface area contributed by atoms with E-state index in [1.165, 1.54) is 12.8 Å². The van der Waals surface area contributed by atoms with Crippen LogP contribution in [0, 0.1) is 5.92 Å². The van der Waals surface area contributed by atoms with Crippen LogP contribution >= 0.6 is 0 Å². The monoisotopic (exact) mass is 338 g/mol. The number of aromatic nitrogens is 1. The smallest absolute Gasteiger partial charge is 0.272 e. The highest BCUT2D eigenvalue weighted by molar-refractivity contribution is 5.92. The zero-order valence-electron chi connectivity index (χ0n) is 14.3. The van der Waals surface area contributed by atoms with Crippen molar-refractivity contribution in [3.8, 4) is 5.75 Å². The Kier molecular flexibility index (Phi) is 4.40. The van der Waals surface area contributed by atoms with E-state index in [1.54, 1.807) is 25.4 Å². The van der Waals surface area contributed by atoms with Crippen LogP contribution in [0.3, 0.4) is 0 Å². The summed E-state index contributed by atoms with van der Waals surface area (Å²) in [6.45, 7) is 1.18. The fraction of sp³-hybridized carbons (Fsp3) is 0.400. The van der Waals surface area contributed by atoms with Crippen molar-refractivity contribution in [2.45, 2.75) is 25.0 Å². The zero-order valence-corrected chi connectivity index (χ0v) is 14.3. The Hall–Kier alpha value is -2.40. The average molecular weight is 338 g/mol. The second-order valence-corrected chi connectivity index (χ2v) is 6.70. The van der Waals surface area contributed by atoms with Gasteiger partial charge < -0.3 is 14.4 Å². The lowest BCUT2D eigenvalue weighted by atomic mass is 10.0. The highest BCUT2D eigenvalue weighted by Gasteiger charge is 2.40. The van der Waals surface area contributed by atoms with Crippen LogP contribution in [0.4, 0.5) is 0 Å². The molecule has 1 amide bonds. The Bertz CT molecular complexity index is 746. The summed E-state index contributed by atoms with van der Waals surface area (Å²) in [4.78, 5) is 19.1. The van der Waals surface area contributed by atoms with E-state index in [2.05, 4.69) is 17.1 Å². The van der Waals surface area contributed by atoms with E-state index in [1.807, 2.05) is 23.1 Å².